The van der Waals surface area contributed by atoms with Gasteiger partial charge in [-0.15, -0.1) is 0 Å². The summed E-state index contributed by atoms with van der Waals surface area (Å²) in [5, 5.41) is 10.6. The van der Waals surface area contributed by atoms with E-state index in [0.29, 0.717) is 28.1 Å². The predicted molar refractivity (Wildman–Crippen MR) is 78.0 cm³/mol. The highest BCUT2D eigenvalue weighted by Crippen LogP contribution is 2.30. The van der Waals surface area contributed by atoms with Gasteiger partial charge in [-0.05, 0) is 31.2 Å². The summed E-state index contributed by atoms with van der Waals surface area (Å²) < 4.78 is 0. The number of aromatic nitrogens is 3. The molecule has 0 spiro atoms. The normalized spacial score (nSPS) is 10.8. The first-order chi connectivity index (χ1) is 9.54. The summed E-state index contributed by atoms with van der Waals surface area (Å²) >= 11 is 0. The van der Waals surface area contributed by atoms with E-state index < -0.39 is 0 Å². The van der Waals surface area contributed by atoms with Gasteiger partial charge in [0.15, 0.2) is 5.65 Å². The maximum absolute atomic E-state index is 9.95. The number of pyridine rings is 1. The Morgan fingerprint density at radius 3 is 2.60 bits per heavy atom. The topological polar surface area (TPSA) is 111 Å². The van der Waals surface area contributed by atoms with Gasteiger partial charge in [-0.25, -0.2) is 4.98 Å². The van der Waals surface area contributed by atoms with E-state index in [1.54, 1.807) is 18.2 Å². The van der Waals surface area contributed by atoms with Gasteiger partial charge in [-0.3, -0.25) is 0 Å². The molecule has 0 aliphatic carbocycles. The molecule has 2 aromatic heterocycles. The number of fused-ring (bicyclic) bond motifs is 1. The minimum absolute atomic E-state index is 0.0770. The Morgan fingerprint density at radius 2 is 1.80 bits per heavy atom. The number of hydrogen-bond donors (Lipinski definition) is 3. The zero-order valence-corrected chi connectivity index (χ0v) is 10.8. The number of phenols is 1. The molecule has 0 fully saturated rings. The molecule has 20 heavy (non-hydrogen) atoms. The van der Waals surface area contributed by atoms with E-state index in [2.05, 4.69) is 15.0 Å². The zero-order valence-electron chi connectivity index (χ0n) is 10.8. The van der Waals surface area contributed by atoms with E-state index in [1.165, 1.54) is 0 Å². The largest absolute Gasteiger partial charge is 0.507 e. The average molecular weight is 267 g/mol. The second-order valence-corrected chi connectivity index (χ2v) is 4.56. The van der Waals surface area contributed by atoms with Crippen LogP contribution in [0.25, 0.3) is 22.3 Å². The maximum Gasteiger partial charge on any atom is 0.224 e. The van der Waals surface area contributed by atoms with Crippen molar-refractivity contribution in [1.29, 1.82) is 0 Å². The number of anilines is 2. The van der Waals surface area contributed by atoms with E-state index in [4.69, 9.17) is 11.5 Å². The lowest BCUT2D eigenvalue weighted by Gasteiger charge is -2.07. The monoisotopic (exact) mass is 267 g/mol. The van der Waals surface area contributed by atoms with Gasteiger partial charge in [0.25, 0.3) is 0 Å². The molecule has 0 aliphatic rings. The molecule has 3 rings (SSSR count). The number of benzene rings is 1. The fourth-order valence-electron chi connectivity index (χ4n) is 2.06. The smallest absolute Gasteiger partial charge is 0.224 e. The van der Waals surface area contributed by atoms with E-state index in [1.807, 2.05) is 19.1 Å². The Balaban J connectivity index is 2.25. The third-order valence-electron chi connectivity index (χ3n) is 3.03. The molecule has 0 aliphatic heterocycles. The molecule has 100 valence electrons. The third kappa shape index (κ3) is 1.97. The summed E-state index contributed by atoms with van der Waals surface area (Å²) in [6.45, 7) is 1.95. The molecular weight excluding hydrogens is 254 g/mol. The molecule has 0 atom stereocenters. The van der Waals surface area contributed by atoms with Crippen LogP contribution in [-0.4, -0.2) is 20.1 Å². The molecule has 2 heterocycles. The Morgan fingerprint density at radius 1 is 1.00 bits per heavy atom. The highest BCUT2D eigenvalue weighted by molar-refractivity contribution is 5.88. The van der Waals surface area contributed by atoms with Crippen molar-refractivity contribution >= 4 is 22.8 Å². The molecule has 0 saturated carbocycles. The summed E-state index contributed by atoms with van der Waals surface area (Å²) in [5.41, 5.74) is 14.0. The maximum atomic E-state index is 9.95. The number of rotatable bonds is 1. The van der Waals surface area contributed by atoms with E-state index in [0.717, 1.165) is 5.56 Å². The highest BCUT2D eigenvalue weighted by Gasteiger charge is 2.10. The van der Waals surface area contributed by atoms with Crippen LogP contribution in [0.5, 0.6) is 5.75 Å². The summed E-state index contributed by atoms with van der Waals surface area (Å²) in [5.74, 6) is 0.533. The van der Waals surface area contributed by atoms with Gasteiger partial charge in [-0.2, -0.15) is 9.97 Å². The number of aryl methyl sites for hydroxylation is 1. The number of phenolic OH excluding ortho intramolecular Hbond substituents is 1. The minimum Gasteiger partial charge on any atom is -0.507 e. The van der Waals surface area contributed by atoms with Crippen molar-refractivity contribution in [3.8, 4) is 17.0 Å². The first-order valence-corrected chi connectivity index (χ1v) is 6.04. The van der Waals surface area contributed by atoms with Gasteiger partial charge in [0.05, 0.1) is 11.1 Å². The van der Waals surface area contributed by atoms with Crippen LogP contribution in [0.3, 0.4) is 0 Å². The van der Waals surface area contributed by atoms with Crippen molar-refractivity contribution in [2.75, 3.05) is 11.5 Å². The number of nitrogen functional groups attached to an aromatic ring is 2. The summed E-state index contributed by atoms with van der Waals surface area (Å²) in [6.07, 6.45) is 0. The lowest BCUT2D eigenvalue weighted by Crippen LogP contribution is -2.02. The second kappa shape index (κ2) is 4.34. The van der Waals surface area contributed by atoms with Crippen LogP contribution in [0, 0.1) is 6.92 Å². The van der Waals surface area contributed by atoms with Crippen molar-refractivity contribution in [3.63, 3.8) is 0 Å². The average Bonchev–Trinajstić information content (AvgIpc) is 2.40. The molecule has 0 unspecified atom stereocenters. The third-order valence-corrected chi connectivity index (χ3v) is 3.03. The number of hydrogen-bond acceptors (Lipinski definition) is 6. The van der Waals surface area contributed by atoms with Crippen molar-refractivity contribution in [2.45, 2.75) is 6.92 Å². The fourth-order valence-corrected chi connectivity index (χ4v) is 2.06. The van der Waals surface area contributed by atoms with Gasteiger partial charge < -0.3 is 16.6 Å². The Bertz CT molecular complexity index is 816. The second-order valence-electron chi connectivity index (χ2n) is 4.56. The molecule has 0 radical (unpaired) electrons. The summed E-state index contributed by atoms with van der Waals surface area (Å²) in [7, 11) is 0. The molecule has 0 amide bonds. The first kappa shape index (κ1) is 12.2. The molecule has 0 saturated heterocycles. The number of aromatic hydroxyl groups is 1. The molecule has 3 aromatic rings. The Labute approximate surface area is 115 Å². The van der Waals surface area contributed by atoms with Crippen molar-refractivity contribution in [3.05, 3.63) is 35.9 Å². The van der Waals surface area contributed by atoms with Gasteiger partial charge in [0, 0.05) is 5.56 Å². The van der Waals surface area contributed by atoms with Crippen LogP contribution in [0.1, 0.15) is 5.56 Å². The zero-order chi connectivity index (χ0) is 14.3. The summed E-state index contributed by atoms with van der Waals surface area (Å²) in [4.78, 5) is 12.4. The van der Waals surface area contributed by atoms with Crippen molar-refractivity contribution in [2.24, 2.45) is 0 Å². The highest BCUT2D eigenvalue weighted by atomic mass is 16.3. The molecule has 6 heteroatoms. The van der Waals surface area contributed by atoms with Crippen LogP contribution in [0.2, 0.25) is 0 Å². The molecule has 6 nitrogen and oxygen atoms in total. The van der Waals surface area contributed by atoms with Crippen LogP contribution >= 0.6 is 0 Å². The number of nitrogens with two attached hydrogens (primary N) is 2. The quantitative estimate of drug-likeness (QED) is 0.620. The lowest BCUT2D eigenvalue weighted by atomic mass is 10.1. The molecule has 5 N–H and O–H groups in total. The Hall–Kier alpha value is -2.89. The van der Waals surface area contributed by atoms with Crippen molar-refractivity contribution in [1.82, 2.24) is 15.0 Å². The standard InChI is InChI=1S/C14H13N5O/c1-7-2-5-11(20)9(6-7)10-4-3-8-12(15)18-14(16)19-13(8)17-10/h2-6,20H,1H3,(H4,15,16,17,18,19). The molecule has 0 bridgehead atoms. The fraction of sp³-hybridized carbons (Fsp3) is 0.0714. The van der Waals surface area contributed by atoms with Crippen LogP contribution in [0.15, 0.2) is 30.3 Å². The number of nitrogens with zero attached hydrogens (tertiary/aromatic N) is 3. The van der Waals surface area contributed by atoms with E-state index in [-0.39, 0.29) is 11.7 Å². The predicted octanol–water partition coefficient (Wildman–Crippen LogP) is 1.87. The van der Waals surface area contributed by atoms with Crippen LogP contribution in [-0.2, 0) is 0 Å². The molecular formula is C14H13N5O. The van der Waals surface area contributed by atoms with Gasteiger partial charge in [0.1, 0.15) is 11.6 Å². The van der Waals surface area contributed by atoms with Crippen molar-refractivity contribution < 1.29 is 5.11 Å². The van der Waals surface area contributed by atoms with E-state index in [9.17, 15) is 5.11 Å². The SMILES string of the molecule is Cc1ccc(O)c(-c2ccc3c(N)nc(N)nc3n2)c1. The molecule has 1 aromatic carbocycles. The van der Waals surface area contributed by atoms with Gasteiger partial charge >= 0.3 is 0 Å². The lowest BCUT2D eigenvalue weighted by molar-refractivity contribution is 0.477. The van der Waals surface area contributed by atoms with Gasteiger partial charge in [0.2, 0.25) is 5.95 Å². The Kier molecular flexibility index (Phi) is 2.64. The van der Waals surface area contributed by atoms with Crippen LogP contribution < -0.4 is 11.5 Å². The summed E-state index contributed by atoms with van der Waals surface area (Å²) in [6, 6.07) is 8.87. The van der Waals surface area contributed by atoms with E-state index >= 15 is 0 Å². The van der Waals surface area contributed by atoms with Gasteiger partial charge in [-0.1, -0.05) is 11.6 Å². The first-order valence-electron chi connectivity index (χ1n) is 6.04. The minimum atomic E-state index is 0.0770. The van der Waals surface area contributed by atoms with Crippen LogP contribution in [0.4, 0.5) is 11.8 Å².